The first-order valence-electron chi connectivity index (χ1n) is 6.23. The van der Waals surface area contributed by atoms with Gasteiger partial charge in [-0.3, -0.25) is 4.79 Å². The summed E-state index contributed by atoms with van der Waals surface area (Å²) in [5.41, 5.74) is 0.355. The van der Waals surface area contributed by atoms with Gasteiger partial charge < -0.3 is 15.0 Å². The number of ether oxygens (including phenoxy) is 1. The number of carbonyl (C=O) groups is 1. The summed E-state index contributed by atoms with van der Waals surface area (Å²) in [6.45, 7) is 3.85. The molecule has 1 aromatic carbocycles. The van der Waals surface area contributed by atoms with Crippen LogP contribution in [0.15, 0.2) is 24.3 Å². The molecular formula is C13H16ClF3N2O2. The molecule has 2 rings (SSSR count). The molecule has 118 valence electrons. The first kappa shape index (κ1) is 17.6. The van der Waals surface area contributed by atoms with Gasteiger partial charge in [0.2, 0.25) is 0 Å². The van der Waals surface area contributed by atoms with E-state index in [1.165, 1.54) is 12.1 Å². The van der Waals surface area contributed by atoms with E-state index in [1.807, 2.05) is 6.92 Å². The van der Waals surface area contributed by atoms with Gasteiger partial charge in [-0.1, -0.05) is 0 Å². The van der Waals surface area contributed by atoms with Crippen molar-refractivity contribution in [3.63, 3.8) is 0 Å². The van der Waals surface area contributed by atoms with E-state index in [2.05, 4.69) is 10.1 Å². The number of nitrogens with one attached hydrogen (secondary N) is 1. The molecule has 1 aliphatic rings. The third-order valence-electron chi connectivity index (χ3n) is 2.99. The van der Waals surface area contributed by atoms with Crippen molar-refractivity contribution in [1.29, 1.82) is 0 Å². The van der Waals surface area contributed by atoms with Gasteiger partial charge >= 0.3 is 6.36 Å². The predicted octanol–water partition coefficient (Wildman–Crippen LogP) is 2.44. The lowest BCUT2D eigenvalue weighted by molar-refractivity contribution is -0.274. The van der Waals surface area contributed by atoms with Gasteiger partial charge in [-0.15, -0.1) is 25.6 Å². The highest BCUT2D eigenvalue weighted by Crippen LogP contribution is 2.23. The number of rotatable bonds is 2. The lowest BCUT2D eigenvalue weighted by Crippen LogP contribution is -2.51. The maximum atomic E-state index is 12.2. The lowest BCUT2D eigenvalue weighted by atomic mass is 10.1. The number of nitrogens with zero attached hydrogens (tertiary/aromatic N) is 1. The van der Waals surface area contributed by atoms with Crippen molar-refractivity contribution in [3.05, 3.63) is 29.8 Å². The van der Waals surface area contributed by atoms with Crippen molar-refractivity contribution >= 4 is 18.3 Å². The van der Waals surface area contributed by atoms with Crippen LogP contribution in [0.3, 0.4) is 0 Å². The molecule has 1 aromatic rings. The van der Waals surface area contributed by atoms with Crippen LogP contribution < -0.4 is 10.1 Å². The fourth-order valence-electron chi connectivity index (χ4n) is 2.10. The standard InChI is InChI=1S/C13H15F3N2O2.ClH/c1-9-8-18(7-6-17-9)12(19)10-2-4-11(5-3-10)20-13(14,15)16;/h2-5,9,17H,6-8H2,1H3;1H/t9-;/m1./s1. The molecule has 0 spiro atoms. The first-order chi connectivity index (χ1) is 9.35. The monoisotopic (exact) mass is 324 g/mol. The van der Waals surface area contributed by atoms with E-state index in [9.17, 15) is 18.0 Å². The summed E-state index contributed by atoms with van der Waals surface area (Å²) >= 11 is 0. The number of hydrogen-bond acceptors (Lipinski definition) is 3. The zero-order valence-electron chi connectivity index (χ0n) is 11.3. The molecule has 1 atom stereocenters. The van der Waals surface area contributed by atoms with E-state index in [0.29, 0.717) is 25.2 Å². The lowest BCUT2D eigenvalue weighted by Gasteiger charge is -2.32. The van der Waals surface area contributed by atoms with Crippen LogP contribution in [-0.2, 0) is 0 Å². The molecule has 4 nitrogen and oxygen atoms in total. The highest BCUT2D eigenvalue weighted by atomic mass is 35.5. The second-order valence-electron chi connectivity index (χ2n) is 4.68. The average Bonchev–Trinajstić information content (AvgIpc) is 2.37. The number of piperazine rings is 1. The molecule has 21 heavy (non-hydrogen) atoms. The van der Waals surface area contributed by atoms with Gasteiger partial charge in [-0.2, -0.15) is 0 Å². The molecule has 0 aliphatic carbocycles. The topological polar surface area (TPSA) is 41.6 Å². The van der Waals surface area contributed by atoms with Gasteiger partial charge in [0.1, 0.15) is 5.75 Å². The number of amides is 1. The second kappa shape index (κ2) is 7.00. The summed E-state index contributed by atoms with van der Waals surface area (Å²) < 4.78 is 39.9. The van der Waals surface area contributed by atoms with Gasteiger partial charge in [0.15, 0.2) is 0 Å². The van der Waals surface area contributed by atoms with E-state index < -0.39 is 6.36 Å². The van der Waals surface area contributed by atoms with Crippen molar-refractivity contribution in [2.24, 2.45) is 0 Å². The Morgan fingerprint density at radius 1 is 1.33 bits per heavy atom. The Labute approximate surface area is 126 Å². The van der Waals surface area contributed by atoms with Crippen LogP contribution >= 0.6 is 12.4 Å². The molecule has 1 amide bonds. The van der Waals surface area contributed by atoms with Crippen LogP contribution in [0.2, 0.25) is 0 Å². The van der Waals surface area contributed by atoms with E-state index in [4.69, 9.17) is 0 Å². The third kappa shape index (κ3) is 5.09. The molecule has 0 unspecified atom stereocenters. The summed E-state index contributed by atoms with van der Waals surface area (Å²) in [5, 5.41) is 3.21. The van der Waals surface area contributed by atoms with Crippen molar-refractivity contribution < 1.29 is 22.7 Å². The molecule has 1 aliphatic heterocycles. The van der Waals surface area contributed by atoms with Gasteiger partial charge in [-0.05, 0) is 31.2 Å². The molecule has 0 aromatic heterocycles. The molecule has 0 saturated carbocycles. The Hall–Kier alpha value is -1.47. The number of halogens is 4. The number of hydrogen-bond donors (Lipinski definition) is 1. The molecule has 1 N–H and O–H groups in total. The van der Waals surface area contributed by atoms with Crippen LogP contribution in [0, 0.1) is 0 Å². The van der Waals surface area contributed by atoms with Crippen LogP contribution in [-0.4, -0.2) is 42.8 Å². The van der Waals surface area contributed by atoms with Crippen molar-refractivity contribution in [2.75, 3.05) is 19.6 Å². The minimum absolute atomic E-state index is 0. The average molecular weight is 325 g/mol. The molecular weight excluding hydrogens is 309 g/mol. The number of benzene rings is 1. The van der Waals surface area contributed by atoms with Gasteiger partial charge in [0.05, 0.1) is 0 Å². The molecule has 8 heteroatoms. The molecule has 0 bridgehead atoms. The molecule has 1 fully saturated rings. The van der Waals surface area contributed by atoms with Crippen molar-refractivity contribution in [3.8, 4) is 5.75 Å². The Morgan fingerprint density at radius 2 is 1.95 bits per heavy atom. The molecule has 1 saturated heterocycles. The van der Waals surface area contributed by atoms with Gasteiger partial charge in [0, 0.05) is 31.2 Å². The number of carbonyl (C=O) groups excluding carboxylic acids is 1. The summed E-state index contributed by atoms with van der Waals surface area (Å²) in [7, 11) is 0. The Kier molecular flexibility index (Phi) is 5.86. The smallest absolute Gasteiger partial charge is 0.406 e. The third-order valence-corrected chi connectivity index (χ3v) is 2.99. The van der Waals surface area contributed by atoms with Crippen LogP contribution in [0.5, 0.6) is 5.75 Å². The normalized spacial score (nSPS) is 18.9. The maximum absolute atomic E-state index is 12.2. The predicted molar refractivity (Wildman–Crippen MR) is 73.7 cm³/mol. The fourth-order valence-corrected chi connectivity index (χ4v) is 2.10. The SMILES string of the molecule is C[C@@H]1CN(C(=O)c2ccc(OC(F)(F)F)cc2)CCN1.Cl. The van der Waals surface area contributed by atoms with Crippen LogP contribution in [0.4, 0.5) is 13.2 Å². The van der Waals surface area contributed by atoms with Crippen LogP contribution in [0.1, 0.15) is 17.3 Å². The largest absolute Gasteiger partial charge is 0.573 e. The first-order valence-corrected chi connectivity index (χ1v) is 6.23. The number of alkyl halides is 3. The Balaban J connectivity index is 0.00000220. The van der Waals surface area contributed by atoms with E-state index >= 15 is 0 Å². The highest BCUT2D eigenvalue weighted by Gasteiger charge is 2.31. The Bertz CT molecular complexity index is 479. The summed E-state index contributed by atoms with van der Waals surface area (Å²) in [6, 6.07) is 5.19. The zero-order chi connectivity index (χ0) is 14.8. The quantitative estimate of drug-likeness (QED) is 0.908. The van der Waals surface area contributed by atoms with Gasteiger partial charge in [-0.25, -0.2) is 0 Å². The van der Waals surface area contributed by atoms with Crippen LogP contribution in [0.25, 0.3) is 0 Å². The van der Waals surface area contributed by atoms with E-state index in [-0.39, 0.29) is 30.1 Å². The van der Waals surface area contributed by atoms with Crippen molar-refractivity contribution in [2.45, 2.75) is 19.3 Å². The maximum Gasteiger partial charge on any atom is 0.573 e. The Morgan fingerprint density at radius 3 is 2.48 bits per heavy atom. The van der Waals surface area contributed by atoms with E-state index in [1.54, 1.807) is 4.90 Å². The van der Waals surface area contributed by atoms with E-state index in [0.717, 1.165) is 12.1 Å². The fraction of sp³-hybridized carbons (Fsp3) is 0.462. The van der Waals surface area contributed by atoms with Crippen molar-refractivity contribution in [1.82, 2.24) is 10.2 Å². The second-order valence-corrected chi connectivity index (χ2v) is 4.68. The summed E-state index contributed by atoms with van der Waals surface area (Å²) in [4.78, 5) is 13.9. The summed E-state index contributed by atoms with van der Waals surface area (Å²) in [5.74, 6) is -0.514. The molecule has 1 heterocycles. The highest BCUT2D eigenvalue weighted by molar-refractivity contribution is 5.94. The minimum atomic E-state index is -4.72. The summed E-state index contributed by atoms with van der Waals surface area (Å²) in [6.07, 6.45) is -4.72. The zero-order valence-corrected chi connectivity index (χ0v) is 12.1. The molecule has 0 radical (unpaired) electrons. The minimum Gasteiger partial charge on any atom is -0.406 e. The van der Waals surface area contributed by atoms with Gasteiger partial charge in [0.25, 0.3) is 5.91 Å².